The molecule has 0 aromatic carbocycles. The van der Waals surface area contributed by atoms with Crippen molar-refractivity contribution in [2.75, 3.05) is 46.2 Å². The Morgan fingerprint density at radius 3 is 2.40 bits per heavy atom. The third-order valence-electron chi connectivity index (χ3n) is 3.35. The van der Waals surface area contributed by atoms with Crippen LogP contribution in [0.25, 0.3) is 0 Å². The van der Waals surface area contributed by atoms with Gasteiger partial charge < -0.3 is 15.1 Å². The van der Waals surface area contributed by atoms with Crippen molar-refractivity contribution >= 4 is 5.82 Å². The van der Waals surface area contributed by atoms with Crippen LogP contribution in [-0.4, -0.2) is 51.2 Å². The molecule has 1 N–H and O–H groups in total. The maximum atomic E-state index is 4.80. The minimum absolute atomic E-state index is 0.459. The first-order valence-electron chi connectivity index (χ1n) is 7.45. The highest BCUT2D eigenvalue weighted by atomic mass is 15.2. The lowest BCUT2D eigenvalue weighted by molar-refractivity contribution is 0.401. The van der Waals surface area contributed by atoms with E-state index in [1.165, 1.54) is 11.3 Å². The summed E-state index contributed by atoms with van der Waals surface area (Å²) >= 11 is 0. The minimum Gasteiger partial charge on any atom is -0.360 e. The van der Waals surface area contributed by atoms with Crippen LogP contribution < -0.4 is 10.2 Å². The number of nitrogens with zero attached hydrogens (tertiary/aromatic N) is 3. The molecule has 1 heterocycles. The summed E-state index contributed by atoms with van der Waals surface area (Å²) in [6.45, 7) is 7.42. The second-order valence-electron chi connectivity index (χ2n) is 6.02. The van der Waals surface area contributed by atoms with Gasteiger partial charge in [0.25, 0.3) is 0 Å². The Bertz CT molecular complexity index is 401. The number of rotatable bonds is 8. The molecule has 0 atom stereocenters. The highest BCUT2D eigenvalue weighted by Gasteiger charge is 2.09. The molecule has 0 aliphatic heterocycles. The van der Waals surface area contributed by atoms with Gasteiger partial charge in [0.05, 0.1) is 0 Å². The standard InChI is InChI=1S/C16H30N4/c1-13(2)15-10-14(12-17-3)11-16(18-15)20(6)9-7-8-19(4)5/h10-11,13,17H,7-9,12H2,1-6H3. The molecule has 0 fully saturated rings. The lowest BCUT2D eigenvalue weighted by Gasteiger charge is -2.21. The Morgan fingerprint density at radius 2 is 1.85 bits per heavy atom. The molecule has 0 saturated heterocycles. The highest BCUT2D eigenvalue weighted by molar-refractivity contribution is 5.42. The number of anilines is 1. The lowest BCUT2D eigenvalue weighted by Crippen LogP contribution is -2.24. The zero-order valence-electron chi connectivity index (χ0n) is 13.9. The van der Waals surface area contributed by atoms with Gasteiger partial charge in [-0.3, -0.25) is 0 Å². The van der Waals surface area contributed by atoms with Crippen LogP contribution in [0.3, 0.4) is 0 Å². The average Bonchev–Trinajstić information content (AvgIpc) is 2.38. The van der Waals surface area contributed by atoms with Crippen molar-refractivity contribution < 1.29 is 0 Å². The van der Waals surface area contributed by atoms with Gasteiger partial charge in [-0.2, -0.15) is 0 Å². The van der Waals surface area contributed by atoms with E-state index >= 15 is 0 Å². The predicted molar refractivity (Wildman–Crippen MR) is 87.5 cm³/mol. The van der Waals surface area contributed by atoms with E-state index in [0.29, 0.717) is 5.92 Å². The van der Waals surface area contributed by atoms with E-state index in [-0.39, 0.29) is 0 Å². The van der Waals surface area contributed by atoms with Crippen molar-refractivity contribution in [3.8, 4) is 0 Å². The normalized spacial score (nSPS) is 11.4. The molecular weight excluding hydrogens is 248 g/mol. The first kappa shape index (κ1) is 16.9. The van der Waals surface area contributed by atoms with Crippen LogP contribution in [0, 0.1) is 0 Å². The maximum absolute atomic E-state index is 4.80. The van der Waals surface area contributed by atoms with Gasteiger partial charge in [0.1, 0.15) is 5.82 Å². The minimum atomic E-state index is 0.459. The van der Waals surface area contributed by atoms with Crippen LogP contribution in [0.5, 0.6) is 0 Å². The van der Waals surface area contributed by atoms with Crippen LogP contribution in [0.1, 0.15) is 37.4 Å². The van der Waals surface area contributed by atoms with E-state index in [1.54, 1.807) is 0 Å². The van der Waals surface area contributed by atoms with E-state index in [0.717, 1.165) is 31.9 Å². The SMILES string of the molecule is CNCc1cc(C(C)C)nc(N(C)CCCN(C)C)c1. The van der Waals surface area contributed by atoms with Crippen molar-refractivity contribution in [1.29, 1.82) is 0 Å². The smallest absolute Gasteiger partial charge is 0.128 e. The molecule has 1 rings (SSSR count). The van der Waals surface area contributed by atoms with Gasteiger partial charge in [0, 0.05) is 25.8 Å². The number of pyridine rings is 1. The van der Waals surface area contributed by atoms with Crippen molar-refractivity contribution in [3.05, 3.63) is 23.4 Å². The molecular formula is C16H30N4. The van der Waals surface area contributed by atoms with Gasteiger partial charge in [-0.15, -0.1) is 0 Å². The zero-order valence-corrected chi connectivity index (χ0v) is 13.9. The fourth-order valence-electron chi connectivity index (χ4n) is 2.13. The largest absolute Gasteiger partial charge is 0.360 e. The fraction of sp³-hybridized carbons (Fsp3) is 0.688. The van der Waals surface area contributed by atoms with Crippen molar-refractivity contribution in [2.24, 2.45) is 0 Å². The second-order valence-corrected chi connectivity index (χ2v) is 6.02. The Balaban J connectivity index is 2.80. The number of nitrogens with one attached hydrogen (secondary N) is 1. The van der Waals surface area contributed by atoms with E-state index in [9.17, 15) is 0 Å². The van der Waals surface area contributed by atoms with Crippen LogP contribution in [0.2, 0.25) is 0 Å². The van der Waals surface area contributed by atoms with Crippen molar-refractivity contribution in [3.63, 3.8) is 0 Å². The van der Waals surface area contributed by atoms with Crippen LogP contribution >= 0.6 is 0 Å². The number of aromatic nitrogens is 1. The molecule has 4 nitrogen and oxygen atoms in total. The summed E-state index contributed by atoms with van der Waals surface area (Å²) in [5, 5.41) is 3.22. The third-order valence-corrected chi connectivity index (χ3v) is 3.35. The molecule has 0 aliphatic rings. The van der Waals surface area contributed by atoms with Crippen LogP contribution in [-0.2, 0) is 6.54 Å². The molecule has 0 spiro atoms. The van der Waals surface area contributed by atoms with Crippen molar-refractivity contribution in [2.45, 2.75) is 32.7 Å². The summed E-state index contributed by atoms with van der Waals surface area (Å²) in [5.41, 5.74) is 2.48. The summed E-state index contributed by atoms with van der Waals surface area (Å²) in [4.78, 5) is 9.28. The highest BCUT2D eigenvalue weighted by Crippen LogP contribution is 2.19. The molecule has 0 radical (unpaired) electrons. The molecule has 20 heavy (non-hydrogen) atoms. The Labute approximate surface area is 124 Å². The molecule has 4 heteroatoms. The molecule has 0 unspecified atom stereocenters. The van der Waals surface area contributed by atoms with Gasteiger partial charge in [-0.1, -0.05) is 13.8 Å². The average molecular weight is 278 g/mol. The molecule has 1 aromatic rings. The summed E-state index contributed by atoms with van der Waals surface area (Å²) in [6, 6.07) is 4.40. The van der Waals surface area contributed by atoms with E-state index < -0.39 is 0 Å². The molecule has 1 aromatic heterocycles. The summed E-state index contributed by atoms with van der Waals surface area (Å²) in [5.74, 6) is 1.54. The maximum Gasteiger partial charge on any atom is 0.128 e. The first-order chi connectivity index (χ1) is 9.43. The van der Waals surface area contributed by atoms with Gasteiger partial charge >= 0.3 is 0 Å². The second kappa shape index (κ2) is 8.22. The van der Waals surface area contributed by atoms with Gasteiger partial charge in [-0.25, -0.2) is 4.98 Å². The fourth-order valence-corrected chi connectivity index (χ4v) is 2.13. The number of hydrogen-bond acceptors (Lipinski definition) is 4. The Hall–Kier alpha value is -1.13. The van der Waals surface area contributed by atoms with Gasteiger partial charge in [-0.05, 0) is 57.7 Å². The topological polar surface area (TPSA) is 31.4 Å². The Kier molecular flexibility index (Phi) is 6.96. The summed E-state index contributed by atoms with van der Waals surface area (Å²) in [7, 11) is 8.34. The monoisotopic (exact) mass is 278 g/mol. The molecule has 0 aliphatic carbocycles. The van der Waals surface area contributed by atoms with Crippen LogP contribution in [0.15, 0.2) is 12.1 Å². The molecule has 0 saturated carbocycles. The number of hydrogen-bond donors (Lipinski definition) is 1. The lowest BCUT2D eigenvalue weighted by atomic mass is 10.1. The molecule has 0 amide bonds. The van der Waals surface area contributed by atoms with E-state index in [4.69, 9.17) is 4.98 Å². The van der Waals surface area contributed by atoms with Crippen molar-refractivity contribution in [1.82, 2.24) is 15.2 Å². The van der Waals surface area contributed by atoms with E-state index in [1.807, 2.05) is 7.05 Å². The molecule has 0 bridgehead atoms. The quantitative estimate of drug-likeness (QED) is 0.791. The Morgan fingerprint density at radius 1 is 1.15 bits per heavy atom. The predicted octanol–water partition coefficient (Wildman–Crippen LogP) is 2.31. The third kappa shape index (κ3) is 5.47. The molecule has 114 valence electrons. The van der Waals surface area contributed by atoms with Crippen LogP contribution in [0.4, 0.5) is 5.82 Å². The van der Waals surface area contributed by atoms with Gasteiger partial charge in [0.2, 0.25) is 0 Å². The van der Waals surface area contributed by atoms with E-state index in [2.05, 4.69) is 62.2 Å². The summed E-state index contributed by atoms with van der Waals surface area (Å²) in [6.07, 6.45) is 1.15. The first-order valence-corrected chi connectivity index (χ1v) is 7.45. The zero-order chi connectivity index (χ0) is 15.1. The van der Waals surface area contributed by atoms with Gasteiger partial charge in [0.15, 0.2) is 0 Å². The summed E-state index contributed by atoms with van der Waals surface area (Å²) < 4.78 is 0.